The van der Waals surface area contributed by atoms with Crippen molar-refractivity contribution in [3.05, 3.63) is 29.8 Å². The summed E-state index contributed by atoms with van der Waals surface area (Å²) in [7, 11) is -6.60. The fraction of sp³-hybridized carbons (Fsp3) is 0.300. The van der Waals surface area contributed by atoms with Crippen molar-refractivity contribution in [3.8, 4) is 0 Å². The Bertz CT molecular complexity index is 725. The quantitative estimate of drug-likeness (QED) is 0.327. The second-order valence-corrected chi connectivity index (χ2v) is 8.63. The normalized spacial score (nSPS) is 13.2. The third kappa shape index (κ3) is 3.84. The first kappa shape index (κ1) is 16.2. The summed E-state index contributed by atoms with van der Waals surface area (Å²) in [6.45, 7) is 0. The second kappa shape index (κ2) is 5.67. The van der Waals surface area contributed by atoms with Crippen molar-refractivity contribution < 1.29 is 22.0 Å². The molecule has 0 amide bonds. The Labute approximate surface area is 117 Å². The van der Waals surface area contributed by atoms with Gasteiger partial charge >= 0.3 is 0 Å². The van der Waals surface area contributed by atoms with Gasteiger partial charge in [-0.3, -0.25) is 4.31 Å². The highest BCUT2D eigenvalue weighted by Gasteiger charge is 2.26. The van der Waals surface area contributed by atoms with Gasteiger partial charge in [0.05, 0.1) is 5.69 Å². The molecule has 0 fully saturated rings. The fourth-order valence-corrected chi connectivity index (χ4v) is 4.77. The van der Waals surface area contributed by atoms with Crippen molar-refractivity contribution in [1.82, 2.24) is 0 Å². The highest BCUT2D eigenvalue weighted by atomic mass is 32.3. The van der Waals surface area contributed by atoms with Crippen LogP contribution in [0.5, 0.6) is 0 Å². The van der Waals surface area contributed by atoms with Crippen LogP contribution < -0.4 is 10.0 Å². The lowest BCUT2D eigenvalue weighted by Gasteiger charge is -2.21. The van der Waals surface area contributed by atoms with Crippen LogP contribution in [0.1, 0.15) is 5.56 Å². The second-order valence-electron chi connectivity index (χ2n) is 4.13. The van der Waals surface area contributed by atoms with Crippen LogP contribution in [0.25, 0.3) is 0 Å². The topological polar surface area (TPSA) is 130 Å². The molecule has 0 radical (unpaired) electrons. The van der Waals surface area contributed by atoms with Gasteiger partial charge in [0.2, 0.25) is 10.0 Å². The number of anilines is 1. The van der Waals surface area contributed by atoms with E-state index < -0.39 is 24.9 Å². The van der Waals surface area contributed by atoms with Crippen LogP contribution >= 0.6 is 0 Å². The van der Waals surface area contributed by atoms with Crippen molar-refractivity contribution >= 4 is 31.4 Å². The standard InChI is InChI=1S/C10H15N3O5S2/c1-13(20(17,18)7-19(2,15)16)9-6-4-3-5-8(9)10(11)12-14/h3-6,14H,7H2,1-2H3,(H2,11,12). The predicted octanol–water partition coefficient (Wildman–Crippen LogP) is -0.451. The van der Waals surface area contributed by atoms with Crippen LogP contribution in [-0.2, 0) is 19.9 Å². The molecule has 0 aliphatic heterocycles. The summed E-state index contributed by atoms with van der Waals surface area (Å²) in [6.07, 6.45) is 0.827. The van der Waals surface area contributed by atoms with E-state index in [1.807, 2.05) is 0 Å². The minimum atomic E-state index is -4.08. The highest BCUT2D eigenvalue weighted by Crippen LogP contribution is 2.22. The third-order valence-corrected chi connectivity index (χ3v) is 6.34. The molecule has 0 bridgehead atoms. The first-order valence-corrected chi connectivity index (χ1v) is 8.96. The van der Waals surface area contributed by atoms with Gasteiger partial charge in [-0.1, -0.05) is 17.3 Å². The number of benzene rings is 1. The summed E-state index contributed by atoms with van der Waals surface area (Å²) in [5.41, 5.74) is 5.76. The first-order chi connectivity index (χ1) is 9.08. The maximum absolute atomic E-state index is 12.0. The molecule has 0 atom stereocenters. The van der Waals surface area contributed by atoms with E-state index in [0.29, 0.717) is 0 Å². The molecule has 8 nitrogen and oxygen atoms in total. The number of oxime groups is 1. The van der Waals surface area contributed by atoms with Crippen LogP contribution in [0.15, 0.2) is 29.4 Å². The summed E-state index contributed by atoms with van der Waals surface area (Å²) < 4.78 is 47.1. The summed E-state index contributed by atoms with van der Waals surface area (Å²) >= 11 is 0. The molecule has 20 heavy (non-hydrogen) atoms. The Kier molecular flexibility index (Phi) is 4.61. The fourth-order valence-electron chi connectivity index (χ4n) is 1.52. The molecule has 0 aliphatic rings. The van der Waals surface area contributed by atoms with E-state index in [0.717, 1.165) is 10.6 Å². The largest absolute Gasteiger partial charge is 0.409 e. The van der Waals surface area contributed by atoms with Crippen LogP contribution in [0.4, 0.5) is 5.69 Å². The Balaban J connectivity index is 3.33. The summed E-state index contributed by atoms with van der Waals surface area (Å²) in [5.74, 6) is -0.276. The number of nitrogens with zero attached hydrogens (tertiary/aromatic N) is 2. The van der Waals surface area contributed by atoms with Gasteiger partial charge in [-0.25, -0.2) is 16.8 Å². The summed E-state index contributed by atoms with van der Waals surface area (Å²) in [5, 5.41) is 10.5. The molecule has 112 valence electrons. The molecule has 0 saturated heterocycles. The van der Waals surface area contributed by atoms with Gasteiger partial charge in [-0.2, -0.15) is 0 Å². The van der Waals surface area contributed by atoms with Gasteiger partial charge in [0.1, 0.15) is 0 Å². The zero-order valence-electron chi connectivity index (χ0n) is 10.9. The van der Waals surface area contributed by atoms with E-state index in [9.17, 15) is 16.8 Å². The maximum Gasteiger partial charge on any atom is 0.249 e. The van der Waals surface area contributed by atoms with E-state index in [4.69, 9.17) is 10.9 Å². The van der Waals surface area contributed by atoms with Crippen molar-refractivity contribution in [1.29, 1.82) is 0 Å². The monoisotopic (exact) mass is 321 g/mol. The van der Waals surface area contributed by atoms with Crippen LogP contribution in [0.2, 0.25) is 0 Å². The van der Waals surface area contributed by atoms with Crippen molar-refractivity contribution in [2.45, 2.75) is 0 Å². The number of para-hydroxylation sites is 1. The van der Waals surface area contributed by atoms with Gasteiger partial charge in [-0.15, -0.1) is 0 Å². The summed E-state index contributed by atoms with van der Waals surface area (Å²) in [6, 6.07) is 6.01. The SMILES string of the molecule is CN(c1ccccc1/C(N)=N/O)S(=O)(=O)CS(C)(=O)=O. The molecule has 0 unspecified atom stereocenters. The minimum Gasteiger partial charge on any atom is -0.409 e. The molecule has 0 aromatic heterocycles. The van der Waals surface area contributed by atoms with Crippen LogP contribution in [0.3, 0.4) is 0 Å². The van der Waals surface area contributed by atoms with Crippen LogP contribution in [-0.4, -0.2) is 46.3 Å². The number of hydrogen-bond acceptors (Lipinski definition) is 6. The average molecular weight is 321 g/mol. The van der Waals surface area contributed by atoms with Gasteiger partial charge in [-0.05, 0) is 12.1 Å². The van der Waals surface area contributed by atoms with E-state index in [-0.39, 0.29) is 17.1 Å². The lowest BCUT2D eigenvalue weighted by Crippen LogP contribution is -2.33. The molecule has 1 aromatic carbocycles. The smallest absolute Gasteiger partial charge is 0.249 e. The highest BCUT2D eigenvalue weighted by molar-refractivity contribution is 8.08. The van der Waals surface area contributed by atoms with E-state index in [2.05, 4.69) is 5.16 Å². The van der Waals surface area contributed by atoms with Crippen molar-refractivity contribution in [3.63, 3.8) is 0 Å². The number of hydrogen-bond donors (Lipinski definition) is 2. The Morgan fingerprint density at radius 3 is 2.35 bits per heavy atom. The molecule has 10 heteroatoms. The molecule has 0 aliphatic carbocycles. The van der Waals surface area contributed by atoms with E-state index >= 15 is 0 Å². The van der Waals surface area contributed by atoms with Gasteiger partial charge in [0, 0.05) is 18.9 Å². The zero-order valence-corrected chi connectivity index (χ0v) is 12.5. The number of sulfonamides is 1. The average Bonchev–Trinajstić information content (AvgIpc) is 2.34. The lowest BCUT2D eigenvalue weighted by molar-refractivity contribution is 0.318. The number of rotatable bonds is 5. The number of sulfone groups is 1. The van der Waals surface area contributed by atoms with E-state index in [1.54, 1.807) is 12.1 Å². The first-order valence-electron chi connectivity index (χ1n) is 5.30. The third-order valence-electron chi connectivity index (χ3n) is 2.41. The lowest BCUT2D eigenvalue weighted by atomic mass is 10.1. The van der Waals surface area contributed by atoms with Gasteiger partial charge in [0.25, 0.3) is 0 Å². The van der Waals surface area contributed by atoms with Crippen molar-refractivity contribution in [2.24, 2.45) is 10.9 Å². The van der Waals surface area contributed by atoms with Gasteiger partial charge in [0.15, 0.2) is 20.8 Å². The molecule has 0 saturated carbocycles. The molecule has 3 N–H and O–H groups in total. The summed E-state index contributed by atoms with van der Waals surface area (Å²) in [4.78, 5) is 0. The number of nitrogens with two attached hydrogens (primary N) is 1. The molecule has 0 heterocycles. The Morgan fingerprint density at radius 1 is 1.30 bits per heavy atom. The molecular weight excluding hydrogens is 306 g/mol. The Morgan fingerprint density at radius 2 is 1.85 bits per heavy atom. The zero-order chi connectivity index (χ0) is 15.6. The minimum absolute atomic E-state index is 0.117. The van der Waals surface area contributed by atoms with Gasteiger partial charge < -0.3 is 10.9 Å². The maximum atomic E-state index is 12.0. The molecular formula is C10H15N3O5S2. The molecule has 1 aromatic rings. The molecule has 0 spiro atoms. The number of amidine groups is 1. The van der Waals surface area contributed by atoms with E-state index in [1.165, 1.54) is 19.2 Å². The Hall–Kier alpha value is -1.81. The van der Waals surface area contributed by atoms with Crippen LogP contribution in [0, 0.1) is 0 Å². The molecule has 1 rings (SSSR count). The predicted molar refractivity (Wildman–Crippen MR) is 76.0 cm³/mol. The van der Waals surface area contributed by atoms with Crippen molar-refractivity contribution in [2.75, 3.05) is 22.7 Å².